The highest BCUT2D eigenvalue weighted by atomic mass is 15.2. The minimum absolute atomic E-state index is 0.204. The van der Waals surface area contributed by atoms with Crippen molar-refractivity contribution in [2.45, 2.75) is 26.3 Å². The zero-order valence-corrected chi connectivity index (χ0v) is 17.8. The molecule has 148 valence electrons. The molecule has 1 atom stereocenters. The summed E-state index contributed by atoms with van der Waals surface area (Å²) in [6.45, 7) is 5.32. The standard InChI is InChI=1S/C28H26N2/c1-20-9-12-22(13-10-20)15-18-30-26-14-11-21(2)19-25(26)24-16-17-29(3)27(28(24)30)23-7-5-4-6-8-23/h4-14,19,27H,16-17H2,1-3H3. The molecule has 1 aliphatic heterocycles. The first-order valence-electron chi connectivity index (χ1n) is 10.6. The van der Waals surface area contributed by atoms with Crippen LogP contribution in [0.1, 0.15) is 39.6 Å². The van der Waals surface area contributed by atoms with E-state index in [4.69, 9.17) is 0 Å². The second kappa shape index (κ2) is 7.52. The fraction of sp³-hybridized carbons (Fsp3) is 0.214. The summed E-state index contributed by atoms with van der Waals surface area (Å²) in [5.41, 5.74) is 8.88. The number of fused-ring (bicyclic) bond motifs is 3. The highest BCUT2D eigenvalue weighted by Gasteiger charge is 2.31. The molecule has 0 saturated carbocycles. The summed E-state index contributed by atoms with van der Waals surface area (Å²) in [7, 11) is 2.22. The van der Waals surface area contributed by atoms with Gasteiger partial charge in [-0.2, -0.15) is 0 Å². The topological polar surface area (TPSA) is 8.17 Å². The van der Waals surface area contributed by atoms with E-state index in [0.29, 0.717) is 0 Å². The molecule has 0 bridgehead atoms. The summed E-state index contributed by atoms with van der Waals surface area (Å²) >= 11 is 0. The fourth-order valence-electron chi connectivity index (χ4n) is 4.59. The number of aromatic nitrogens is 1. The smallest absolute Gasteiger partial charge is 0.0768 e. The quantitative estimate of drug-likeness (QED) is 0.379. The molecule has 0 amide bonds. The number of hydrogen-bond donors (Lipinski definition) is 0. The Kier molecular flexibility index (Phi) is 4.69. The average Bonchev–Trinajstić information content (AvgIpc) is 3.06. The molecule has 2 heteroatoms. The average molecular weight is 391 g/mol. The Hall–Kier alpha value is -3.28. The molecule has 0 spiro atoms. The van der Waals surface area contributed by atoms with Gasteiger partial charge < -0.3 is 0 Å². The van der Waals surface area contributed by atoms with Crippen molar-refractivity contribution in [2.24, 2.45) is 0 Å². The van der Waals surface area contributed by atoms with Gasteiger partial charge >= 0.3 is 0 Å². The molecule has 0 N–H and O–H groups in total. The molecule has 0 aliphatic carbocycles. The summed E-state index contributed by atoms with van der Waals surface area (Å²) in [4.78, 5) is 2.45. The van der Waals surface area contributed by atoms with Crippen molar-refractivity contribution in [3.63, 3.8) is 0 Å². The van der Waals surface area contributed by atoms with Gasteiger partial charge in [-0.05, 0) is 68.6 Å². The molecule has 2 heterocycles. The van der Waals surface area contributed by atoms with Crippen molar-refractivity contribution in [3.8, 4) is 12.0 Å². The van der Waals surface area contributed by atoms with Crippen LogP contribution in [0.15, 0.2) is 72.8 Å². The summed E-state index contributed by atoms with van der Waals surface area (Å²) in [5, 5.41) is 1.34. The van der Waals surface area contributed by atoms with Crippen molar-refractivity contribution in [1.29, 1.82) is 0 Å². The van der Waals surface area contributed by atoms with Crippen LogP contribution in [0.3, 0.4) is 0 Å². The Labute approximate surface area is 178 Å². The lowest BCUT2D eigenvalue weighted by Gasteiger charge is -2.34. The second-order valence-corrected chi connectivity index (χ2v) is 8.37. The molecule has 3 aromatic carbocycles. The molecular formula is C28H26N2. The van der Waals surface area contributed by atoms with Crippen molar-refractivity contribution in [1.82, 2.24) is 9.47 Å². The lowest BCUT2D eigenvalue weighted by atomic mass is 9.92. The first-order chi connectivity index (χ1) is 14.6. The summed E-state index contributed by atoms with van der Waals surface area (Å²) < 4.78 is 2.25. The maximum Gasteiger partial charge on any atom is 0.0768 e. The molecule has 2 nitrogen and oxygen atoms in total. The van der Waals surface area contributed by atoms with E-state index in [1.807, 2.05) is 0 Å². The minimum atomic E-state index is 0.204. The third kappa shape index (κ3) is 3.22. The van der Waals surface area contributed by atoms with E-state index < -0.39 is 0 Å². The number of benzene rings is 3. The Bertz CT molecular complexity index is 1270. The van der Waals surface area contributed by atoms with E-state index in [1.165, 1.54) is 38.9 Å². The zero-order valence-electron chi connectivity index (χ0n) is 17.8. The molecule has 30 heavy (non-hydrogen) atoms. The molecule has 4 aromatic rings. The second-order valence-electron chi connectivity index (χ2n) is 8.37. The lowest BCUT2D eigenvalue weighted by Crippen LogP contribution is -2.33. The number of rotatable bonds is 1. The van der Waals surface area contributed by atoms with Crippen LogP contribution in [0.2, 0.25) is 0 Å². The van der Waals surface area contributed by atoms with Gasteiger partial charge in [-0.1, -0.05) is 59.7 Å². The maximum atomic E-state index is 3.51. The number of hydrogen-bond acceptors (Lipinski definition) is 1. The predicted molar refractivity (Wildman–Crippen MR) is 125 cm³/mol. The van der Waals surface area contributed by atoms with Crippen LogP contribution in [0.5, 0.6) is 0 Å². The van der Waals surface area contributed by atoms with Crippen molar-refractivity contribution in [3.05, 3.63) is 106 Å². The molecule has 0 radical (unpaired) electrons. The van der Waals surface area contributed by atoms with Gasteiger partial charge in [0.1, 0.15) is 0 Å². The van der Waals surface area contributed by atoms with E-state index in [9.17, 15) is 0 Å². The molecule has 1 aromatic heterocycles. The SMILES string of the molecule is Cc1ccc(C#Cn2c3c(c4cc(C)ccc42)CCN(C)C3c2ccccc2)cc1. The molecule has 1 aliphatic rings. The van der Waals surface area contributed by atoms with Gasteiger partial charge in [-0.15, -0.1) is 0 Å². The zero-order chi connectivity index (χ0) is 20.7. The Balaban J connectivity index is 1.76. The van der Waals surface area contributed by atoms with Gasteiger partial charge in [0.15, 0.2) is 0 Å². The van der Waals surface area contributed by atoms with Gasteiger partial charge in [0.25, 0.3) is 0 Å². The van der Waals surface area contributed by atoms with Crippen LogP contribution in [0.4, 0.5) is 0 Å². The van der Waals surface area contributed by atoms with Crippen LogP contribution in [0, 0.1) is 25.8 Å². The van der Waals surface area contributed by atoms with Crippen LogP contribution in [-0.4, -0.2) is 23.1 Å². The van der Waals surface area contributed by atoms with Crippen molar-refractivity contribution < 1.29 is 0 Å². The largest absolute Gasteiger partial charge is 0.294 e. The van der Waals surface area contributed by atoms with Crippen LogP contribution in [0.25, 0.3) is 10.9 Å². The molecule has 0 saturated heterocycles. The monoisotopic (exact) mass is 390 g/mol. The van der Waals surface area contributed by atoms with Gasteiger partial charge in [0.05, 0.1) is 17.3 Å². The van der Waals surface area contributed by atoms with Crippen LogP contribution < -0.4 is 0 Å². The van der Waals surface area contributed by atoms with E-state index in [2.05, 4.69) is 115 Å². The van der Waals surface area contributed by atoms with E-state index in [0.717, 1.165) is 18.5 Å². The van der Waals surface area contributed by atoms with Crippen LogP contribution in [-0.2, 0) is 6.42 Å². The third-order valence-electron chi connectivity index (χ3n) is 6.16. The number of aryl methyl sites for hydroxylation is 2. The molecule has 0 fully saturated rings. The van der Waals surface area contributed by atoms with E-state index in [-0.39, 0.29) is 6.04 Å². The van der Waals surface area contributed by atoms with Gasteiger partial charge in [-0.25, -0.2) is 0 Å². The Morgan fingerprint density at radius 2 is 1.60 bits per heavy atom. The van der Waals surface area contributed by atoms with Crippen molar-refractivity contribution >= 4 is 10.9 Å². The summed E-state index contributed by atoms with van der Waals surface area (Å²) in [6, 6.07) is 29.7. The van der Waals surface area contributed by atoms with E-state index in [1.54, 1.807) is 0 Å². The van der Waals surface area contributed by atoms with Gasteiger partial charge in [-0.3, -0.25) is 9.47 Å². The molecule has 1 unspecified atom stereocenters. The normalized spacial score (nSPS) is 16.2. The summed E-state index contributed by atoms with van der Waals surface area (Å²) in [5.74, 6) is 3.41. The van der Waals surface area contributed by atoms with Crippen LogP contribution >= 0.6 is 0 Å². The Morgan fingerprint density at radius 1 is 0.867 bits per heavy atom. The van der Waals surface area contributed by atoms with Crippen molar-refractivity contribution in [2.75, 3.05) is 13.6 Å². The highest BCUT2D eigenvalue weighted by molar-refractivity contribution is 5.88. The number of likely N-dealkylation sites (N-methyl/N-ethyl adjacent to an activating group) is 1. The van der Waals surface area contributed by atoms with E-state index >= 15 is 0 Å². The predicted octanol–water partition coefficient (Wildman–Crippen LogP) is 5.69. The minimum Gasteiger partial charge on any atom is -0.294 e. The lowest BCUT2D eigenvalue weighted by molar-refractivity contribution is 0.259. The Morgan fingerprint density at radius 3 is 2.37 bits per heavy atom. The molecule has 5 rings (SSSR count). The highest BCUT2D eigenvalue weighted by Crippen LogP contribution is 2.39. The molecular weight excluding hydrogens is 364 g/mol. The summed E-state index contributed by atoms with van der Waals surface area (Å²) in [6.07, 6.45) is 1.05. The van der Waals surface area contributed by atoms with Gasteiger partial charge in [0.2, 0.25) is 0 Å². The third-order valence-corrected chi connectivity index (χ3v) is 6.16. The van der Waals surface area contributed by atoms with Gasteiger partial charge in [0, 0.05) is 23.5 Å². The maximum absolute atomic E-state index is 3.51. The first kappa shape index (κ1) is 18.7. The first-order valence-corrected chi connectivity index (χ1v) is 10.6. The fourth-order valence-corrected chi connectivity index (χ4v) is 4.59. The number of nitrogens with zero attached hydrogens (tertiary/aromatic N) is 2.